The van der Waals surface area contributed by atoms with Gasteiger partial charge in [-0.15, -0.1) is 0 Å². The minimum atomic E-state index is -0.676. The Hall–Kier alpha value is -4.21. The summed E-state index contributed by atoms with van der Waals surface area (Å²) in [6.07, 6.45) is 3.90. The zero-order valence-electron chi connectivity index (χ0n) is 27.1. The number of likely N-dealkylation sites (N-methyl/N-ethyl adjacent to an activating group) is 1. The average molecular weight is 653 g/mol. The third-order valence-corrected chi connectivity index (χ3v) is 9.59. The Balaban J connectivity index is 1.02. The minimum absolute atomic E-state index is 0.0187. The van der Waals surface area contributed by atoms with Crippen molar-refractivity contribution >= 4 is 23.7 Å². The van der Waals surface area contributed by atoms with Gasteiger partial charge in [-0.1, -0.05) is 5.10 Å². The maximum absolute atomic E-state index is 15.3. The van der Waals surface area contributed by atoms with Crippen molar-refractivity contribution in [3.05, 3.63) is 63.0 Å². The largest absolute Gasteiger partial charge is 0.503 e. The van der Waals surface area contributed by atoms with Crippen molar-refractivity contribution in [1.82, 2.24) is 34.6 Å². The third-order valence-electron chi connectivity index (χ3n) is 9.59. The first-order chi connectivity index (χ1) is 22.3. The summed E-state index contributed by atoms with van der Waals surface area (Å²) in [5, 5.41) is 22.0. The number of hydrogen-bond acceptors (Lipinski definition) is 10. The molecule has 250 valence electrons. The van der Waals surface area contributed by atoms with Gasteiger partial charge in [0.05, 0.1) is 32.1 Å². The van der Waals surface area contributed by atoms with Gasteiger partial charge in [0.2, 0.25) is 5.43 Å². The SMILES string of the molecule is CC(C)N1CCn2c(CNC3OC3CC(NC3=C(F)C=NC(C4=N[N+](C)(C)c5ncc(F)cc54)N3C)C3CC3)cc(=O)c(O)c2C1=O. The van der Waals surface area contributed by atoms with Crippen LogP contribution in [0.4, 0.5) is 14.6 Å². The van der Waals surface area contributed by atoms with E-state index in [1.165, 1.54) is 24.5 Å². The van der Waals surface area contributed by atoms with Gasteiger partial charge in [-0.3, -0.25) is 19.9 Å². The highest BCUT2D eigenvalue weighted by atomic mass is 19.1. The van der Waals surface area contributed by atoms with Gasteiger partial charge in [-0.25, -0.2) is 8.78 Å². The first-order valence-corrected chi connectivity index (χ1v) is 16.0. The van der Waals surface area contributed by atoms with Gasteiger partial charge in [-0.2, -0.15) is 9.58 Å². The van der Waals surface area contributed by atoms with Crippen LogP contribution < -0.4 is 20.7 Å². The minimum Gasteiger partial charge on any atom is -0.503 e. The van der Waals surface area contributed by atoms with Crippen LogP contribution in [0.3, 0.4) is 0 Å². The standard InChI is InChI=1S/C32H39F2N9O4/c1-16(2)41-8-9-42-19(11-23(44)27(45)26(42)32(41)46)14-37-31-24(47-31)12-22(17-6-7-17)38-28-21(34)15-35-29(40(28)3)25-20-10-18(33)13-36-30(20)43(4,5)39-25/h10-11,13,15-17,22,24,29,31,37H,6-9,12,14H2,1-5H3,(H-,35,38,45,46)/p+1. The van der Waals surface area contributed by atoms with Gasteiger partial charge in [0, 0.05) is 50.5 Å². The highest BCUT2D eigenvalue weighted by Crippen LogP contribution is 2.39. The Kier molecular flexibility index (Phi) is 7.67. The van der Waals surface area contributed by atoms with Crippen molar-refractivity contribution in [3.8, 4) is 5.75 Å². The van der Waals surface area contributed by atoms with E-state index in [-0.39, 0.29) is 53.0 Å². The number of hydrogen-bond donors (Lipinski definition) is 3. The molecule has 1 aliphatic carbocycles. The number of quaternary nitrogens is 1. The van der Waals surface area contributed by atoms with Crippen LogP contribution in [0.2, 0.25) is 0 Å². The van der Waals surface area contributed by atoms with Gasteiger partial charge in [0.15, 0.2) is 29.1 Å². The monoisotopic (exact) mass is 652 g/mol. The lowest BCUT2D eigenvalue weighted by atomic mass is 10.1. The number of amides is 1. The molecule has 0 aromatic carbocycles. The van der Waals surface area contributed by atoms with E-state index < -0.39 is 29.0 Å². The number of rotatable bonds is 10. The van der Waals surface area contributed by atoms with Crippen molar-refractivity contribution in [2.45, 2.75) is 76.8 Å². The molecule has 7 rings (SSSR count). The summed E-state index contributed by atoms with van der Waals surface area (Å²) in [6, 6.07) is 2.62. The maximum atomic E-state index is 15.3. The van der Waals surface area contributed by atoms with Crippen LogP contribution >= 0.6 is 0 Å². The number of nitrogens with one attached hydrogen (secondary N) is 2. The third kappa shape index (κ3) is 5.69. The van der Waals surface area contributed by atoms with Crippen LogP contribution in [0.1, 0.15) is 54.9 Å². The summed E-state index contributed by atoms with van der Waals surface area (Å²) in [7, 11) is 5.43. The number of epoxide rings is 1. The molecular formula is C32H40F2N9O4+. The molecule has 47 heavy (non-hydrogen) atoms. The Morgan fingerprint density at radius 1 is 1.17 bits per heavy atom. The fraction of sp³-hybridized carbons (Fsp3) is 0.531. The molecule has 13 nitrogen and oxygen atoms in total. The Bertz CT molecular complexity index is 1780. The molecule has 4 unspecified atom stereocenters. The number of aliphatic imine (C=N–C) groups is 1. The number of nitrogens with zero attached hydrogens (tertiary/aromatic N) is 7. The molecule has 0 radical (unpaired) electrons. The number of aromatic hydroxyl groups is 1. The molecule has 1 saturated heterocycles. The summed E-state index contributed by atoms with van der Waals surface area (Å²) in [5.74, 6) is -0.643. The van der Waals surface area contributed by atoms with Gasteiger partial charge in [0.25, 0.3) is 11.7 Å². The summed E-state index contributed by atoms with van der Waals surface area (Å²) < 4.78 is 37.3. The molecule has 6 heterocycles. The highest BCUT2D eigenvalue weighted by molar-refractivity contribution is 6.10. The molecule has 0 bridgehead atoms. The topological polar surface area (TPSA) is 140 Å². The van der Waals surface area contributed by atoms with Crippen LogP contribution in [-0.4, -0.2) is 101 Å². The summed E-state index contributed by atoms with van der Waals surface area (Å²) in [6.45, 7) is 5.01. The number of carbonyl (C=O) groups is 1. The number of allylic oxidation sites excluding steroid dienone is 1. The van der Waals surface area contributed by atoms with Crippen LogP contribution in [0.25, 0.3) is 0 Å². The number of carbonyl (C=O) groups excluding carboxylic acids is 1. The molecule has 15 heteroatoms. The number of pyridine rings is 2. The number of ether oxygens (including phenoxy) is 1. The maximum Gasteiger partial charge on any atom is 0.274 e. The lowest BCUT2D eigenvalue weighted by molar-refractivity contribution is 0.0639. The fourth-order valence-electron chi connectivity index (χ4n) is 6.87. The molecule has 0 spiro atoms. The van der Waals surface area contributed by atoms with Crippen molar-refractivity contribution in [2.75, 3.05) is 27.7 Å². The Morgan fingerprint density at radius 3 is 2.66 bits per heavy atom. The summed E-state index contributed by atoms with van der Waals surface area (Å²) >= 11 is 0. The van der Waals surface area contributed by atoms with Gasteiger partial charge in [-0.05, 0) is 45.1 Å². The normalized spacial score (nSPS) is 25.2. The van der Waals surface area contributed by atoms with Crippen molar-refractivity contribution in [2.24, 2.45) is 16.0 Å². The second-order valence-corrected chi connectivity index (χ2v) is 13.6. The van der Waals surface area contributed by atoms with E-state index >= 15 is 4.39 Å². The second kappa shape index (κ2) is 11.5. The Labute approximate surface area is 270 Å². The van der Waals surface area contributed by atoms with Crippen molar-refractivity contribution in [3.63, 3.8) is 0 Å². The molecule has 5 aliphatic rings. The molecule has 1 saturated carbocycles. The van der Waals surface area contributed by atoms with Crippen molar-refractivity contribution in [1.29, 1.82) is 0 Å². The zero-order valence-corrected chi connectivity index (χ0v) is 27.1. The van der Waals surface area contributed by atoms with E-state index in [4.69, 9.17) is 9.84 Å². The molecule has 2 fully saturated rings. The van der Waals surface area contributed by atoms with E-state index in [1.54, 1.807) is 21.4 Å². The summed E-state index contributed by atoms with van der Waals surface area (Å²) in [4.78, 5) is 37.7. The second-order valence-electron chi connectivity index (χ2n) is 13.6. The van der Waals surface area contributed by atoms with E-state index in [0.29, 0.717) is 48.2 Å². The molecule has 4 atom stereocenters. The first kappa shape index (κ1) is 31.4. The molecule has 2 aromatic heterocycles. The average Bonchev–Trinajstić information content (AvgIpc) is 3.94. The van der Waals surface area contributed by atoms with Gasteiger partial charge < -0.3 is 29.5 Å². The fourth-order valence-corrected chi connectivity index (χ4v) is 6.87. The Morgan fingerprint density at radius 2 is 1.94 bits per heavy atom. The molecule has 2 aromatic rings. The smallest absolute Gasteiger partial charge is 0.274 e. The van der Waals surface area contributed by atoms with Crippen LogP contribution in [-0.2, 0) is 17.8 Å². The quantitative estimate of drug-likeness (QED) is 0.262. The predicted octanol–water partition coefficient (Wildman–Crippen LogP) is 1.99. The first-order valence-electron chi connectivity index (χ1n) is 16.0. The lowest BCUT2D eigenvalue weighted by Crippen LogP contribution is -2.47. The number of aromatic nitrogens is 2. The summed E-state index contributed by atoms with van der Waals surface area (Å²) in [5.41, 5.74) is 1.08. The predicted molar refractivity (Wildman–Crippen MR) is 171 cm³/mol. The van der Waals surface area contributed by atoms with E-state index in [9.17, 15) is 19.1 Å². The van der Waals surface area contributed by atoms with Gasteiger partial charge in [0.1, 0.15) is 24.0 Å². The number of halogens is 2. The van der Waals surface area contributed by atoms with Crippen molar-refractivity contribution < 1.29 is 23.4 Å². The number of fused-ring (bicyclic) bond motifs is 2. The molecule has 4 aliphatic heterocycles. The molecular weight excluding hydrogens is 612 g/mol. The van der Waals surface area contributed by atoms with Crippen LogP contribution in [0.15, 0.2) is 44.9 Å². The molecule has 1 amide bonds. The van der Waals surface area contributed by atoms with Gasteiger partial charge >= 0.3 is 0 Å². The highest BCUT2D eigenvalue weighted by Gasteiger charge is 2.46. The van der Waals surface area contributed by atoms with Crippen LogP contribution in [0, 0.1) is 11.7 Å². The van der Waals surface area contributed by atoms with E-state index in [1.807, 2.05) is 27.9 Å². The molecule has 3 N–H and O–H groups in total. The zero-order chi connectivity index (χ0) is 33.4. The van der Waals surface area contributed by atoms with E-state index in [0.717, 1.165) is 12.8 Å². The lowest BCUT2D eigenvalue weighted by Gasteiger charge is -2.34. The van der Waals surface area contributed by atoms with Crippen LogP contribution in [0.5, 0.6) is 5.75 Å². The van der Waals surface area contributed by atoms with E-state index in [2.05, 4.69) is 20.6 Å².